The molecule has 0 spiro atoms. The lowest BCUT2D eigenvalue weighted by molar-refractivity contribution is 0.0982. The Balaban J connectivity index is 1.53. The minimum absolute atomic E-state index is 0.146. The van der Waals surface area contributed by atoms with Gasteiger partial charge in [0.05, 0.1) is 12.8 Å². The number of carbonyl (C=O) groups is 1. The van der Waals surface area contributed by atoms with Crippen molar-refractivity contribution >= 4 is 33.5 Å². The van der Waals surface area contributed by atoms with Crippen LogP contribution in [0.2, 0.25) is 0 Å². The third-order valence-corrected chi connectivity index (χ3v) is 5.24. The van der Waals surface area contributed by atoms with Gasteiger partial charge in [0.25, 0.3) is 0 Å². The smallest absolute Gasteiger partial charge is 0.214 e. The van der Waals surface area contributed by atoms with E-state index in [4.69, 9.17) is 4.74 Å². The second-order valence-corrected chi connectivity index (χ2v) is 7.43. The molecule has 0 amide bonds. The summed E-state index contributed by atoms with van der Waals surface area (Å²) in [6.07, 6.45) is 1.26. The highest BCUT2D eigenvalue weighted by Gasteiger charge is 2.10. The van der Waals surface area contributed by atoms with Crippen LogP contribution in [0, 0.1) is 0 Å². The standard InChI is InChI=1S/C18H17BrN4O2S/c1-25-16-10-8-15(9-11-16)23-18(20-21-22-23)26-12-2-3-17(24)13-4-6-14(19)7-5-13/h4-11H,2-3,12H2,1H3. The SMILES string of the molecule is COc1ccc(-n2nnnc2SCCCC(=O)c2ccc(Br)cc2)cc1. The second-order valence-electron chi connectivity index (χ2n) is 5.45. The van der Waals surface area contributed by atoms with Crippen molar-refractivity contribution in [2.75, 3.05) is 12.9 Å². The van der Waals surface area contributed by atoms with E-state index in [0.29, 0.717) is 11.6 Å². The number of ether oxygens (including phenoxy) is 1. The van der Waals surface area contributed by atoms with E-state index in [0.717, 1.165) is 33.6 Å². The van der Waals surface area contributed by atoms with Gasteiger partial charge in [-0.05, 0) is 53.2 Å². The molecule has 0 atom stereocenters. The molecule has 8 heteroatoms. The number of hydrogen-bond donors (Lipinski definition) is 0. The summed E-state index contributed by atoms with van der Waals surface area (Å²) in [7, 11) is 1.63. The molecule has 0 aliphatic rings. The molecule has 0 radical (unpaired) electrons. The van der Waals surface area contributed by atoms with Crippen molar-refractivity contribution in [2.45, 2.75) is 18.0 Å². The largest absolute Gasteiger partial charge is 0.497 e. The molecule has 3 rings (SSSR count). The molecule has 0 N–H and O–H groups in total. The molecular weight excluding hydrogens is 416 g/mol. The van der Waals surface area contributed by atoms with Crippen molar-refractivity contribution in [1.29, 1.82) is 0 Å². The van der Waals surface area contributed by atoms with Crippen molar-refractivity contribution in [3.05, 3.63) is 58.6 Å². The summed E-state index contributed by atoms with van der Waals surface area (Å²) in [6.45, 7) is 0. The van der Waals surface area contributed by atoms with Gasteiger partial charge in [-0.2, -0.15) is 4.68 Å². The number of thioether (sulfide) groups is 1. The average Bonchev–Trinajstić information content (AvgIpc) is 3.14. The van der Waals surface area contributed by atoms with E-state index in [1.165, 1.54) is 11.8 Å². The zero-order valence-electron chi connectivity index (χ0n) is 14.1. The summed E-state index contributed by atoms with van der Waals surface area (Å²) in [4.78, 5) is 12.2. The van der Waals surface area contributed by atoms with Gasteiger partial charge in [0, 0.05) is 22.2 Å². The van der Waals surface area contributed by atoms with Gasteiger partial charge in [-0.1, -0.05) is 39.8 Å². The molecular formula is C18H17BrN4O2S. The first-order chi connectivity index (χ1) is 12.7. The Hall–Kier alpha value is -2.19. The van der Waals surface area contributed by atoms with Crippen LogP contribution in [0.15, 0.2) is 58.2 Å². The van der Waals surface area contributed by atoms with E-state index in [1.54, 1.807) is 11.8 Å². The molecule has 0 saturated heterocycles. The normalized spacial score (nSPS) is 10.7. The lowest BCUT2D eigenvalue weighted by Crippen LogP contribution is -2.01. The Labute approximate surface area is 164 Å². The van der Waals surface area contributed by atoms with Crippen LogP contribution in [0.25, 0.3) is 5.69 Å². The molecule has 0 saturated carbocycles. The maximum atomic E-state index is 12.2. The fourth-order valence-electron chi connectivity index (χ4n) is 2.33. The van der Waals surface area contributed by atoms with E-state index in [-0.39, 0.29) is 5.78 Å². The minimum atomic E-state index is 0.146. The van der Waals surface area contributed by atoms with Crippen LogP contribution in [0.5, 0.6) is 5.75 Å². The van der Waals surface area contributed by atoms with E-state index in [1.807, 2.05) is 48.5 Å². The molecule has 0 unspecified atom stereocenters. The zero-order valence-corrected chi connectivity index (χ0v) is 16.5. The number of rotatable bonds is 8. The summed E-state index contributed by atoms with van der Waals surface area (Å²) in [5.41, 5.74) is 1.60. The molecule has 26 heavy (non-hydrogen) atoms. The molecule has 1 aromatic heterocycles. The van der Waals surface area contributed by atoms with Crippen LogP contribution in [0.4, 0.5) is 0 Å². The van der Waals surface area contributed by atoms with Crippen molar-refractivity contribution in [2.24, 2.45) is 0 Å². The van der Waals surface area contributed by atoms with Crippen molar-refractivity contribution < 1.29 is 9.53 Å². The lowest BCUT2D eigenvalue weighted by Gasteiger charge is -2.05. The van der Waals surface area contributed by atoms with Gasteiger partial charge < -0.3 is 4.74 Å². The Kier molecular flexibility index (Phi) is 6.40. The number of methoxy groups -OCH3 is 1. The Morgan fingerprint density at radius 1 is 1.15 bits per heavy atom. The molecule has 2 aromatic carbocycles. The molecule has 0 fully saturated rings. The molecule has 0 aliphatic heterocycles. The Bertz CT molecular complexity index is 866. The Morgan fingerprint density at radius 3 is 2.58 bits per heavy atom. The molecule has 0 aliphatic carbocycles. The predicted molar refractivity (Wildman–Crippen MR) is 104 cm³/mol. The predicted octanol–water partition coefficient (Wildman–Crippen LogP) is 4.19. The number of benzene rings is 2. The van der Waals surface area contributed by atoms with Crippen LogP contribution >= 0.6 is 27.7 Å². The average molecular weight is 433 g/mol. The third kappa shape index (κ3) is 4.70. The first-order valence-corrected chi connectivity index (χ1v) is 9.79. The summed E-state index contributed by atoms with van der Waals surface area (Å²) < 4.78 is 7.81. The van der Waals surface area contributed by atoms with Gasteiger partial charge in [0.15, 0.2) is 5.78 Å². The summed E-state index contributed by atoms with van der Waals surface area (Å²) in [5, 5.41) is 12.5. The summed E-state index contributed by atoms with van der Waals surface area (Å²) in [5.74, 6) is 1.69. The van der Waals surface area contributed by atoms with Gasteiger partial charge in [-0.15, -0.1) is 5.10 Å². The van der Waals surface area contributed by atoms with Gasteiger partial charge in [-0.3, -0.25) is 4.79 Å². The highest BCUT2D eigenvalue weighted by atomic mass is 79.9. The quantitative estimate of drug-likeness (QED) is 0.302. The van der Waals surface area contributed by atoms with Gasteiger partial charge in [0.2, 0.25) is 5.16 Å². The van der Waals surface area contributed by atoms with Crippen molar-refractivity contribution in [3.63, 3.8) is 0 Å². The number of ketones is 1. The van der Waals surface area contributed by atoms with E-state index < -0.39 is 0 Å². The number of hydrogen-bond acceptors (Lipinski definition) is 6. The highest BCUT2D eigenvalue weighted by Crippen LogP contribution is 2.21. The third-order valence-electron chi connectivity index (χ3n) is 3.70. The number of halogens is 1. The van der Waals surface area contributed by atoms with E-state index >= 15 is 0 Å². The first kappa shape index (κ1) is 18.6. The van der Waals surface area contributed by atoms with Gasteiger partial charge >= 0.3 is 0 Å². The van der Waals surface area contributed by atoms with Crippen molar-refractivity contribution in [1.82, 2.24) is 20.2 Å². The monoisotopic (exact) mass is 432 g/mol. The zero-order chi connectivity index (χ0) is 18.4. The molecule has 3 aromatic rings. The van der Waals surface area contributed by atoms with E-state index in [2.05, 4.69) is 31.5 Å². The highest BCUT2D eigenvalue weighted by molar-refractivity contribution is 9.10. The first-order valence-electron chi connectivity index (χ1n) is 8.02. The van der Waals surface area contributed by atoms with Crippen LogP contribution in [0.3, 0.4) is 0 Å². The van der Waals surface area contributed by atoms with Gasteiger partial charge in [0.1, 0.15) is 5.75 Å². The van der Waals surface area contributed by atoms with Gasteiger partial charge in [-0.25, -0.2) is 0 Å². The van der Waals surface area contributed by atoms with E-state index in [9.17, 15) is 4.79 Å². The number of carbonyl (C=O) groups excluding carboxylic acids is 1. The van der Waals surface area contributed by atoms with Crippen LogP contribution < -0.4 is 4.74 Å². The maximum Gasteiger partial charge on any atom is 0.214 e. The fraction of sp³-hybridized carbons (Fsp3) is 0.222. The number of aromatic nitrogens is 4. The lowest BCUT2D eigenvalue weighted by atomic mass is 10.1. The maximum absolute atomic E-state index is 12.2. The molecule has 6 nitrogen and oxygen atoms in total. The minimum Gasteiger partial charge on any atom is -0.497 e. The van der Waals surface area contributed by atoms with Crippen LogP contribution in [-0.2, 0) is 0 Å². The topological polar surface area (TPSA) is 69.9 Å². The Morgan fingerprint density at radius 2 is 1.88 bits per heavy atom. The molecule has 134 valence electrons. The number of Topliss-reactive ketones (excluding diaryl/α,β-unsaturated/α-hetero) is 1. The number of tetrazole rings is 1. The molecule has 1 heterocycles. The van der Waals surface area contributed by atoms with Crippen LogP contribution in [0.1, 0.15) is 23.2 Å². The number of nitrogens with zero attached hydrogens (tertiary/aromatic N) is 4. The summed E-state index contributed by atoms with van der Waals surface area (Å²) in [6, 6.07) is 15.0. The second kappa shape index (κ2) is 8.95. The summed E-state index contributed by atoms with van der Waals surface area (Å²) >= 11 is 4.91. The van der Waals surface area contributed by atoms with Crippen LogP contribution in [-0.4, -0.2) is 38.9 Å². The van der Waals surface area contributed by atoms with Crippen molar-refractivity contribution in [3.8, 4) is 11.4 Å². The fourth-order valence-corrected chi connectivity index (χ4v) is 3.42. The molecule has 0 bridgehead atoms.